The third-order valence-corrected chi connectivity index (χ3v) is 7.09. The fraction of sp³-hybridized carbons (Fsp3) is 0.350. The van der Waals surface area contributed by atoms with E-state index in [2.05, 4.69) is 0 Å². The minimum absolute atomic E-state index is 0.0394. The van der Waals surface area contributed by atoms with Gasteiger partial charge >= 0.3 is 0 Å². The number of halogens is 2. The Morgan fingerprint density at radius 3 is 2.38 bits per heavy atom. The molecule has 0 aliphatic carbocycles. The molecule has 0 radical (unpaired) electrons. The van der Waals surface area contributed by atoms with Crippen molar-refractivity contribution < 1.29 is 17.9 Å². The van der Waals surface area contributed by atoms with Crippen LogP contribution < -0.4 is 0 Å². The molecular formula is C20H22Cl2N2O4S. The zero-order chi connectivity index (χ0) is 21.0. The fourth-order valence-electron chi connectivity index (χ4n) is 2.99. The number of carbonyl (C=O) groups is 1. The first-order valence-corrected chi connectivity index (χ1v) is 11.3. The second kappa shape index (κ2) is 9.45. The second-order valence-corrected chi connectivity index (χ2v) is 9.60. The minimum Gasteiger partial charge on any atom is -0.378 e. The highest BCUT2D eigenvalue weighted by molar-refractivity contribution is 7.89. The van der Waals surface area contributed by atoms with Crippen LogP contribution in [0.4, 0.5) is 0 Å². The minimum atomic E-state index is -3.91. The summed E-state index contributed by atoms with van der Waals surface area (Å²) in [6, 6.07) is 11.4. The lowest BCUT2D eigenvalue weighted by atomic mass is 10.2. The van der Waals surface area contributed by atoms with Crippen molar-refractivity contribution in [2.75, 3.05) is 32.8 Å². The van der Waals surface area contributed by atoms with E-state index in [1.165, 1.54) is 0 Å². The lowest BCUT2D eigenvalue weighted by Crippen LogP contribution is -2.46. The molecule has 0 unspecified atom stereocenters. The number of sulfonamides is 1. The molecule has 2 aromatic rings. The standard InChI is InChI=1S/C20H22Cl2N2O4S/c1-15-2-6-18(7-3-15)29(26,27)24(13-16-4-5-17(21)12-19(16)22)14-20(25)23-8-10-28-11-9-23/h2-7,12H,8-11,13-14H2,1H3. The van der Waals surface area contributed by atoms with E-state index in [9.17, 15) is 13.2 Å². The van der Waals surface area contributed by atoms with Gasteiger partial charge in [0.25, 0.3) is 0 Å². The van der Waals surface area contributed by atoms with Gasteiger partial charge in [-0.05, 0) is 36.8 Å². The summed E-state index contributed by atoms with van der Waals surface area (Å²) in [6.07, 6.45) is 0. The van der Waals surface area contributed by atoms with Crippen LogP contribution in [0, 0.1) is 6.92 Å². The molecule has 1 heterocycles. The molecule has 0 N–H and O–H groups in total. The van der Waals surface area contributed by atoms with Crippen molar-refractivity contribution in [2.24, 2.45) is 0 Å². The zero-order valence-electron chi connectivity index (χ0n) is 16.0. The molecule has 1 amide bonds. The molecule has 156 valence electrons. The van der Waals surface area contributed by atoms with Crippen LogP contribution in [0.3, 0.4) is 0 Å². The summed E-state index contributed by atoms with van der Waals surface area (Å²) in [7, 11) is -3.91. The van der Waals surface area contributed by atoms with E-state index in [0.717, 1.165) is 9.87 Å². The summed E-state index contributed by atoms with van der Waals surface area (Å²) in [6.45, 7) is 3.33. The molecule has 0 bridgehead atoms. The molecule has 1 fully saturated rings. The molecule has 2 aromatic carbocycles. The molecule has 29 heavy (non-hydrogen) atoms. The van der Waals surface area contributed by atoms with Gasteiger partial charge in [0.2, 0.25) is 15.9 Å². The van der Waals surface area contributed by atoms with Gasteiger partial charge in [0.1, 0.15) is 0 Å². The number of hydrogen-bond donors (Lipinski definition) is 0. The Hall–Kier alpha value is -1.64. The predicted octanol–water partition coefficient (Wildman–Crippen LogP) is 3.35. The molecule has 1 aliphatic heterocycles. The van der Waals surface area contributed by atoms with Crippen LogP contribution in [0.1, 0.15) is 11.1 Å². The maximum Gasteiger partial charge on any atom is 0.243 e. The van der Waals surface area contributed by atoms with Gasteiger partial charge in [0.15, 0.2) is 0 Å². The molecule has 1 aliphatic rings. The maximum atomic E-state index is 13.3. The largest absolute Gasteiger partial charge is 0.378 e. The Morgan fingerprint density at radius 2 is 1.76 bits per heavy atom. The second-order valence-electron chi connectivity index (χ2n) is 6.82. The average Bonchev–Trinajstić information content (AvgIpc) is 2.70. The monoisotopic (exact) mass is 456 g/mol. The van der Waals surface area contributed by atoms with Crippen LogP contribution >= 0.6 is 23.2 Å². The van der Waals surface area contributed by atoms with Gasteiger partial charge < -0.3 is 9.64 Å². The van der Waals surface area contributed by atoms with Gasteiger partial charge in [-0.15, -0.1) is 0 Å². The molecule has 1 saturated heterocycles. The van der Waals surface area contributed by atoms with Crippen molar-refractivity contribution in [1.82, 2.24) is 9.21 Å². The quantitative estimate of drug-likeness (QED) is 0.668. The van der Waals surface area contributed by atoms with Gasteiger partial charge in [0.05, 0.1) is 24.7 Å². The summed E-state index contributed by atoms with van der Waals surface area (Å²) in [5.41, 5.74) is 1.52. The molecule has 0 aromatic heterocycles. The van der Waals surface area contributed by atoms with Gasteiger partial charge in [-0.3, -0.25) is 4.79 Å². The van der Waals surface area contributed by atoms with E-state index in [1.807, 2.05) is 6.92 Å². The molecular weight excluding hydrogens is 435 g/mol. The van der Waals surface area contributed by atoms with Gasteiger partial charge in [0, 0.05) is 29.7 Å². The molecule has 0 saturated carbocycles. The third kappa shape index (κ3) is 5.49. The zero-order valence-corrected chi connectivity index (χ0v) is 18.3. The Labute approximate surface area is 181 Å². The van der Waals surface area contributed by atoms with Crippen molar-refractivity contribution in [3.63, 3.8) is 0 Å². The maximum absolute atomic E-state index is 13.3. The lowest BCUT2D eigenvalue weighted by Gasteiger charge is -2.30. The first kappa shape index (κ1) is 22.1. The van der Waals surface area contributed by atoms with Crippen molar-refractivity contribution in [3.8, 4) is 0 Å². The molecule has 9 heteroatoms. The van der Waals surface area contributed by atoms with Crippen molar-refractivity contribution in [2.45, 2.75) is 18.4 Å². The summed E-state index contributed by atoms with van der Waals surface area (Å²) in [4.78, 5) is 14.5. The van der Waals surface area contributed by atoms with E-state index in [1.54, 1.807) is 47.4 Å². The highest BCUT2D eigenvalue weighted by Crippen LogP contribution is 2.25. The fourth-order valence-corrected chi connectivity index (χ4v) is 4.82. The van der Waals surface area contributed by atoms with E-state index >= 15 is 0 Å². The number of hydrogen-bond acceptors (Lipinski definition) is 4. The summed E-state index contributed by atoms with van der Waals surface area (Å²) in [5.74, 6) is -0.269. The highest BCUT2D eigenvalue weighted by Gasteiger charge is 2.29. The summed E-state index contributed by atoms with van der Waals surface area (Å²) < 4.78 is 33.0. The number of benzene rings is 2. The van der Waals surface area contributed by atoms with Crippen molar-refractivity contribution >= 4 is 39.1 Å². The molecule has 3 rings (SSSR count). The Kier molecular flexibility index (Phi) is 7.19. The number of rotatable bonds is 6. The molecule has 6 nitrogen and oxygen atoms in total. The van der Waals surface area contributed by atoms with Gasteiger partial charge in [-0.2, -0.15) is 4.31 Å². The number of amides is 1. The predicted molar refractivity (Wildman–Crippen MR) is 113 cm³/mol. The van der Waals surface area contributed by atoms with E-state index in [0.29, 0.717) is 41.9 Å². The van der Waals surface area contributed by atoms with E-state index in [-0.39, 0.29) is 23.9 Å². The number of ether oxygens (including phenoxy) is 1. The normalized spacial score (nSPS) is 15.0. The Balaban J connectivity index is 1.91. The number of carbonyl (C=O) groups excluding carboxylic acids is 1. The van der Waals surface area contributed by atoms with Crippen LogP contribution in [-0.4, -0.2) is 56.4 Å². The van der Waals surface area contributed by atoms with Crippen molar-refractivity contribution in [3.05, 3.63) is 63.6 Å². The van der Waals surface area contributed by atoms with Gasteiger partial charge in [-0.1, -0.05) is 47.0 Å². The number of morpholine rings is 1. The Bertz CT molecular complexity index is 974. The lowest BCUT2D eigenvalue weighted by molar-refractivity contribution is -0.135. The topological polar surface area (TPSA) is 66.9 Å². The molecule has 0 atom stereocenters. The summed E-state index contributed by atoms with van der Waals surface area (Å²) >= 11 is 12.2. The third-order valence-electron chi connectivity index (χ3n) is 4.70. The Morgan fingerprint density at radius 1 is 1.10 bits per heavy atom. The number of aryl methyl sites for hydroxylation is 1. The summed E-state index contributed by atoms with van der Waals surface area (Å²) in [5, 5.41) is 0.802. The molecule has 0 spiro atoms. The van der Waals surface area contributed by atoms with Gasteiger partial charge in [-0.25, -0.2) is 8.42 Å². The van der Waals surface area contributed by atoms with Crippen LogP contribution in [0.15, 0.2) is 47.4 Å². The van der Waals surface area contributed by atoms with Crippen molar-refractivity contribution in [1.29, 1.82) is 0 Å². The van der Waals surface area contributed by atoms with E-state index < -0.39 is 10.0 Å². The van der Waals surface area contributed by atoms with Crippen LogP contribution in [0.25, 0.3) is 0 Å². The average molecular weight is 457 g/mol. The number of nitrogens with zero attached hydrogens (tertiary/aromatic N) is 2. The SMILES string of the molecule is Cc1ccc(S(=O)(=O)N(CC(=O)N2CCOCC2)Cc2ccc(Cl)cc2Cl)cc1. The van der Waals surface area contributed by atoms with Crippen LogP contribution in [0.2, 0.25) is 10.0 Å². The highest BCUT2D eigenvalue weighted by atomic mass is 35.5. The first-order chi connectivity index (χ1) is 13.8. The first-order valence-electron chi connectivity index (χ1n) is 9.13. The van der Waals surface area contributed by atoms with Crippen LogP contribution in [-0.2, 0) is 26.1 Å². The smallest absolute Gasteiger partial charge is 0.243 e. The van der Waals surface area contributed by atoms with Crippen LogP contribution in [0.5, 0.6) is 0 Å². The van der Waals surface area contributed by atoms with E-state index in [4.69, 9.17) is 27.9 Å².